The first-order chi connectivity index (χ1) is 8.09. The van der Waals surface area contributed by atoms with Gasteiger partial charge in [-0.2, -0.15) is 0 Å². The fraction of sp³-hybridized carbons (Fsp3) is 0.455. The van der Waals surface area contributed by atoms with Gasteiger partial charge in [-0.3, -0.25) is 0 Å². The number of hydrogen-bond donors (Lipinski definition) is 0. The van der Waals surface area contributed by atoms with E-state index in [-0.39, 0.29) is 12.4 Å². The maximum absolute atomic E-state index is 11.0. The molecule has 7 heteroatoms. The van der Waals surface area contributed by atoms with Crippen molar-refractivity contribution in [3.63, 3.8) is 0 Å². The van der Waals surface area contributed by atoms with Crippen LogP contribution in [0.25, 0.3) is 0 Å². The highest BCUT2D eigenvalue weighted by Crippen LogP contribution is 2.30. The van der Waals surface area contributed by atoms with Crippen molar-refractivity contribution in [2.75, 3.05) is 12.4 Å². The van der Waals surface area contributed by atoms with Gasteiger partial charge in [0.25, 0.3) is 0 Å². The van der Waals surface area contributed by atoms with Gasteiger partial charge in [-0.15, -0.1) is 0 Å². The standard InChI is InChI=1S/C11H13Cl3O3S/c1-11(2,7-18(14,15)16)6-17-10-5-8(12)3-4-9(10)13/h3-5H,6-7H2,1-2H3. The van der Waals surface area contributed by atoms with Crippen LogP contribution >= 0.6 is 33.9 Å². The summed E-state index contributed by atoms with van der Waals surface area (Å²) in [5.74, 6) is 0.240. The minimum Gasteiger partial charge on any atom is -0.491 e. The minimum atomic E-state index is -3.57. The molecule has 0 aliphatic carbocycles. The SMILES string of the molecule is CC(C)(COc1cc(Cl)ccc1Cl)CS(=O)(=O)Cl. The Bertz CT molecular complexity index is 526. The van der Waals surface area contributed by atoms with Gasteiger partial charge in [-0.05, 0) is 12.1 Å². The van der Waals surface area contributed by atoms with Crippen LogP contribution in [0.1, 0.15) is 13.8 Å². The summed E-state index contributed by atoms with van der Waals surface area (Å²) in [6, 6.07) is 4.84. The average Bonchev–Trinajstić information content (AvgIpc) is 2.16. The Balaban J connectivity index is 2.72. The molecule has 1 rings (SSSR count). The van der Waals surface area contributed by atoms with Crippen molar-refractivity contribution in [3.8, 4) is 5.75 Å². The lowest BCUT2D eigenvalue weighted by atomic mass is 9.98. The van der Waals surface area contributed by atoms with E-state index in [0.717, 1.165) is 0 Å². The zero-order valence-corrected chi connectivity index (χ0v) is 13.0. The molecule has 0 unspecified atom stereocenters. The highest BCUT2D eigenvalue weighted by atomic mass is 35.7. The first-order valence-electron chi connectivity index (χ1n) is 5.09. The summed E-state index contributed by atoms with van der Waals surface area (Å²) in [5.41, 5.74) is -0.619. The molecule has 0 amide bonds. The second kappa shape index (κ2) is 5.87. The Morgan fingerprint density at radius 2 is 1.89 bits per heavy atom. The van der Waals surface area contributed by atoms with Gasteiger partial charge in [0.1, 0.15) is 5.75 Å². The van der Waals surface area contributed by atoms with Crippen LogP contribution < -0.4 is 4.74 Å². The van der Waals surface area contributed by atoms with E-state index in [9.17, 15) is 8.42 Å². The molecule has 0 saturated carbocycles. The largest absolute Gasteiger partial charge is 0.491 e. The van der Waals surface area contributed by atoms with Gasteiger partial charge in [0.15, 0.2) is 0 Å². The van der Waals surface area contributed by atoms with E-state index < -0.39 is 14.5 Å². The lowest BCUT2D eigenvalue weighted by molar-refractivity contribution is 0.200. The van der Waals surface area contributed by atoms with Gasteiger partial charge in [-0.25, -0.2) is 8.42 Å². The monoisotopic (exact) mass is 330 g/mol. The Kier molecular flexibility index (Phi) is 5.18. The zero-order valence-electron chi connectivity index (χ0n) is 9.91. The molecule has 0 radical (unpaired) electrons. The molecule has 0 bridgehead atoms. The molecule has 0 fully saturated rings. The van der Waals surface area contributed by atoms with Crippen LogP contribution in [0, 0.1) is 5.41 Å². The predicted octanol–water partition coefficient (Wildman–Crippen LogP) is 3.97. The first-order valence-corrected chi connectivity index (χ1v) is 8.33. The number of hydrogen-bond acceptors (Lipinski definition) is 3. The number of ether oxygens (including phenoxy) is 1. The molecule has 0 aliphatic heterocycles. The predicted molar refractivity (Wildman–Crippen MR) is 75.4 cm³/mol. The Hall–Kier alpha value is -0.160. The van der Waals surface area contributed by atoms with Crippen molar-refractivity contribution in [3.05, 3.63) is 28.2 Å². The molecule has 0 spiro atoms. The molecule has 0 aromatic heterocycles. The van der Waals surface area contributed by atoms with Gasteiger partial charge < -0.3 is 4.74 Å². The zero-order chi connectivity index (χ0) is 14.0. The molecule has 0 N–H and O–H groups in total. The van der Waals surface area contributed by atoms with E-state index in [4.69, 9.17) is 38.6 Å². The third-order valence-electron chi connectivity index (χ3n) is 2.07. The van der Waals surface area contributed by atoms with E-state index in [1.54, 1.807) is 32.0 Å². The highest BCUT2D eigenvalue weighted by molar-refractivity contribution is 8.13. The highest BCUT2D eigenvalue weighted by Gasteiger charge is 2.26. The van der Waals surface area contributed by atoms with Crippen LogP contribution in [0.5, 0.6) is 5.75 Å². The molecule has 0 saturated heterocycles. The van der Waals surface area contributed by atoms with Crippen LogP contribution in [-0.4, -0.2) is 20.8 Å². The van der Waals surface area contributed by atoms with Crippen LogP contribution in [0.15, 0.2) is 18.2 Å². The molecule has 0 heterocycles. The van der Waals surface area contributed by atoms with E-state index >= 15 is 0 Å². The molecular weight excluding hydrogens is 319 g/mol. The molecule has 0 atom stereocenters. The molecule has 102 valence electrons. The number of rotatable bonds is 5. The Labute approximate surface area is 121 Å². The molecule has 3 nitrogen and oxygen atoms in total. The molecule has 1 aromatic rings. The van der Waals surface area contributed by atoms with Crippen molar-refractivity contribution >= 4 is 42.9 Å². The van der Waals surface area contributed by atoms with Gasteiger partial charge in [0.2, 0.25) is 9.05 Å². The van der Waals surface area contributed by atoms with Crippen LogP contribution in [-0.2, 0) is 9.05 Å². The van der Waals surface area contributed by atoms with E-state index in [1.807, 2.05) is 0 Å². The smallest absolute Gasteiger partial charge is 0.233 e. The summed E-state index contributed by atoms with van der Waals surface area (Å²) < 4.78 is 27.6. The molecule has 18 heavy (non-hydrogen) atoms. The lowest BCUT2D eigenvalue weighted by Crippen LogP contribution is -2.28. The second-order valence-corrected chi connectivity index (χ2v) is 8.33. The van der Waals surface area contributed by atoms with Gasteiger partial charge in [0.05, 0.1) is 17.4 Å². The normalized spacial score (nSPS) is 12.5. The van der Waals surface area contributed by atoms with E-state index in [2.05, 4.69) is 0 Å². The van der Waals surface area contributed by atoms with Crippen LogP contribution in [0.2, 0.25) is 10.0 Å². The van der Waals surface area contributed by atoms with Gasteiger partial charge in [0, 0.05) is 27.2 Å². The fourth-order valence-corrected chi connectivity index (χ4v) is 3.61. The molecule has 0 aliphatic rings. The summed E-state index contributed by atoms with van der Waals surface area (Å²) in [4.78, 5) is 0. The summed E-state index contributed by atoms with van der Waals surface area (Å²) >= 11 is 11.7. The summed E-state index contributed by atoms with van der Waals surface area (Å²) in [5, 5.41) is 0.918. The van der Waals surface area contributed by atoms with Crippen molar-refractivity contribution in [1.29, 1.82) is 0 Å². The van der Waals surface area contributed by atoms with Crippen LogP contribution in [0.4, 0.5) is 0 Å². The van der Waals surface area contributed by atoms with Crippen molar-refractivity contribution < 1.29 is 13.2 Å². The quantitative estimate of drug-likeness (QED) is 0.767. The van der Waals surface area contributed by atoms with Crippen molar-refractivity contribution in [1.82, 2.24) is 0 Å². The molecular formula is C11H13Cl3O3S. The summed E-state index contributed by atoms with van der Waals surface area (Å²) in [6.07, 6.45) is 0. The van der Waals surface area contributed by atoms with E-state index in [0.29, 0.717) is 15.8 Å². The topological polar surface area (TPSA) is 43.4 Å². The third kappa shape index (κ3) is 5.65. The second-order valence-electron chi connectivity index (χ2n) is 4.71. The Morgan fingerprint density at radius 1 is 1.28 bits per heavy atom. The maximum Gasteiger partial charge on any atom is 0.233 e. The number of halogens is 3. The minimum absolute atomic E-state index is 0.166. The summed E-state index contributed by atoms with van der Waals surface area (Å²) in [7, 11) is 1.65. The number of benzene rings is 1. The maximum atomic E-state index is 11.0. The van der Waals surface area contributed by atoms with Crippen molar-refractivity contribution in [2.45, 2.75) is 13.8 Å². The van der Waals surface area contributed by atoms with Crippen molar-refractivity contribution in [2.24, 2.45) is 5.41 Å². The lowest BCUT2D eigenvalue weighted by Gasteiger charge is -2.23. The van der Waals surface area contributed by atoms with Gasteiger partial charge >= 0.3 is 0 Å². The van der Waals surface area contributed by atoms with E-state index in [1.165, 1.54) is 0 Å². The third-order valence-corrected chi connectivity index (χ3v) is 4.08. The van der Waals surface area contributed by atoms with Crippen LogP contribution in [0.3, 0.4) is 0 Å². The molecule has 1 aromatic carbocycles. The fourth-order valence-electron chi connectivity index (χ4n) is 1.37. The summed E-state index contributed by atoms with van der Waals surface area (Å²) in [6.45, 7) is 3.65. The average molecular weight is 332 g/mol. The Morgan fingerprint density at radius 3 is 2.44 bits per heavy atom. The first kappa shape index (κ1) is 15.9. The van der Waals surface area contributed by atoms with Gasteiger partial charge in [-0.1, -0.05) is 37.0 Å².